The molecule has 1 aliphatic carbocycles. The molecule has 1 aromatic heterocycles. The first kappa shape index (κ1) is 13.4. The lowest BCUT2D eigenvalue weighted by Crippen LogP contribution is -2.15. The summed E-state index contributed by atoms with van der Waals surface area (Å²) >= 11 is 0. The third kappa shape index (κ3) is 3.13. The molecule has 2 N–H and O–H groups in total. The van der Waals surface area contributed by atoms with Gasteiger partial charge in [-0.25, -0.2) is 18.7 Å². The molecule has 108 valence electrons. The number of hydrogen-bond donors (Lipinski definition) is 2. The number of benzene rings is 1. The average molecular weight is 290 g/mol. The molecule has 1 fully saturated rings. The van der Waals surface area contributed by atoms with Crippen molar-refractivity contribution >= 4 is 17.5 Å². The van der Waals surface area contributed by atoms with E-state index in [1.54, 1.807) is 0 Å². The van der Waals surface area contributed by atoms with Crippen LogP contribution in [0.15, 0.2) is 30.6 Å². The van der Waals surface area contributed by atoms with Crippen molar-refractivity contribution in [3.63, 3.8) is 0 Å². The van der Waals surface area contributed by atoms with Crippen LogP contribution < -0.4 is 10.6 Å². The van der Waals surface area contributed by atoms with E-state index in [0.717, 1.165) is 25.0 Å². The van der Waals surface area contributed by atoms with Crippen LogP contribution in [-0.4, -0.2) is 21.9 Å². The summed E-state index contributed by atoms with van der Waals surface area (Å²) in [6.45, 7) is 0. The molecule has 7 heteroatoms. The van der Waals surface area contributed by atoms with Crippen LogP contribution in [0, 0.1) is 11.6 Å². The monoisotopic (exact) mass is 290 g/mol. The molecule has 1 aromatic carbocycles. The second-order valence-electron chi connectivity index (χ2n) is 4.76. The minimum atomic E-state index is -0.837. The Hall–Kier alpha value is -2.57. The number of halogens is 2. The molecule has 0 aliphatic heterocycles. The lowest BCUT2D eigenvalue weighted by atomic mass is 10.2. The summed E-state index contributed by atoms with van der Waals surface area (Å²) in [6, 6.07) is 3.76. The number of nitrogens with one attached hydrogen (secondary N) is 2. The second-order valence-corrected chi connectivity index (χ2v) is 4.76. The normalized spacial score (nSPS) is 13.8. The summed E-state index contributed by atoms with van der Waals surface area (Å²) in [7, 11) is 0. The number of aromatic nitrogens is 2. The average Bonchev–Trinajstić information content (AvgIpc) is 3.28. The molecular weight excluding hydrogens is 278 g/mol. The maximum absolute atomic E-state index is 13.4. The van der Waals surface area contributed by atoms with E-state index in [0.29, 0.717) is 12.0 Å². The van der Waals surface area contributed by atoms with Crippen molar-refractivity contribution in [2.24, 2.45) is 0 Å². The lowest BCUT2D eigenvalue weighted by molar-refractivity contribution is 0.102. The van der Waals surface area contributed by atoms with Crippen LogP contribution >= 0.6 is 0 Å². The molecule has 0 unspecified atom stereocenters. The Morgan fingerprint density at radius 3 is 2.33 bits per heavy atom. The summed E-state index contributed by atoms with van der Waals surface area (Å²) in [6.07, 6.45) is 4.79. The van der Waals surface area contributed by atoms with Gasteiger partial charge in [-0.3, -0.25) is 4.79 Å². The number of anilines is 2. The number of para-hydroxylation sites is 1. The van der Waals surface area contributed by atoms with E-state index in [-0.39, 0.29) is 5.56 Å². The molecule has 0 bridgehead atoms. The fraction of sp³-hybridized carbons (Fsp3) is 0.214. The van der Waals surface area contributed by atoms with Crippen LogP contribution in [-0.2, 0) is 0 Å². The Balaban J connectivity index is 1.72. The standard InChI is InChI=1S/C14H12F2N4O/c15-10-2-1-3-11(16)12(10)20-13(21)8-6-17-14(18-7-8)19-9-4-5-9/h1-3,6-7,9H,4-5H2,(H,20,21)(H,17,18,19). The molecule has 5 nitrogen and oxygen atoms in total. The Bertz CT molecular complexity index is 651. The molecular formula is C14H12F2N4O. The van der Waals surface area contributed by atoms with E-state index in [1.165, 1.54) is 18.5 Å². The molecule has 1 amide bonds. The zero-order chi connectivity index (χ0) is 14.8. The van der Waals surface area contributed by atoms with Gasteiger partial charge in [0.2, 0.25) is 5.95 Å². The molecule has 1 saturated carbocycles. The number of amides is 1. The van der Waals surface area contributed by atoms with E-state index in [9.17, 15) is 13.6 Å². The van der Waals surface area contributed by atoms with E-state index in [2.05, 4.69) is 20.6 Å². The number of carbonyl (C=O) groups is 1. The highest BCUT2D eigenvalue weighted by Crippen LogP contribution is 2.23. The topological polar surface area (TPSA) is 66.9 Å². The highest BCUT2D eigenvalue weighted by molar-refractivity contribution is 6.04. The number of rotatable bonds is 4. The van der Waals surface area contributed by atoms with Crippen molar-refractivity contribution in [2.75, 3.05) is 10.6 Å². The molecule has 3 rings (SSSR count). The van der Waals surface area contributed by atoms with Crippen molar-refractivity contribution in [1.82, 2.24) is 9.97 Å². The predicted octanol–water partition coefficient (Wildman–Crippen LogP) is 2.58. The summed E-state index contributed by atoms with van der Waals surface area (Å²) in [5.41, 5.74) is -0.360. The maximum atomic E-state index is 13.4. The van der Waals surface area contributed by atoms with Gasteiger partial charge in [0.05, 0.1) is 5.56 Å². The Morgan fingerprint density at radius 2 is 1.76 bits per heavy atom. The molecule has 0 saturated heterocycles. The minimum absolute atomic E-state index is 0.124. The van der Waals surface area contributed by atoms with Gasteiger partial charge in [-0.2, -0.15) is 0 Å². The quantitative estimate of drug-likeness (QED) is 0.908. The van der Waals surface area contributed by atoms with Crippen LogP contribution in [0.5, 0.6) is 0 Å². The van der Waals surface area contributed by atoms with Gasteiger partial charge in [-0.05, 0) is 25.0 Å². The molecule has 2 aromatic rings. The fourth-order valence-corrected chi connectivity index (χ4v) is 1.73. The van der Waals surface area contributed by atoms with E-state index in [1.807, 2.05) is 0 Å². The van der Waals surface area contributed by atoms with Gasteiger partial charge in [-0.1, -0.05) is 6.07 Å². The van der Waals surface area contributed by atoms with Gasteiger partial charge >= 0.3 is 0 Å². The predicted molar refractivity (Wildman–Crippen MR) is 73.0 cm³/mol. The molecule has 0 radical (unpaired) electrons. The summed E-state index contributed by atoms with van der Waals surface area (Å²) < 4.78 is 26.9. The Kier molecular flexibility index (Phi) is 3.47. The van der Waals surface area contributed by atoms with E-state index >= 15 is 0 Å². The zero-order valence-corrected chi connectivity index (χ0v) is 10.9. The van der Waals surface area contributed by atoms with Crippen molar-refractivity contribution in [2.45, 2.75) is 18.9 Å². The van der Waals surface area contributed by atoms with E-state index in [4.69, 9.17) is 0 Å². The van der Waals surface area contributed by atoms with E-state index < -0.39 is 23.2 Å². The number of nitrogens with zero attached hydrogens (tertiary/aromatic N) is 2. The van der Waals surface area contributed by atoms with Gasteiger partial charge in [0.1, 0.15) is 17.3 Å². The summed E-state index contributed by atoms with van der Waals surface area (Å²) in [5.74, 6) is -1.91. The van der Waals surface area contributed by atoms with Crippen LogP contribution in [0.3, 0.4) is 0 Å². The fourth-order valence-electron chi connectivity index (χ4n) is 1.73. The van der Waals surface area contributed by atoms with Crippen LogP contribution in [0.1, 0.15) is 23.2 Å². The minimum Gasteiger partial charge on any atom is -0.351 e. The van der Waals surface area contributed by atoms with Crippen molar-refractivity contribution in [1.29, 1.82) is 0 Å². The van der Waals surface area contributed by atoms with Gasteiger partial charge in [0.25, 0.3) is 5.91 Å². The van der Waals surface area contributed by atoms with Crippen molar-refractivity contribution in [3.05, 3.63) is 47.8 Å². The van der Waals surface area contributed by atoms with Crippen LogP contribution in [0.2, 0.25) is 0 Å². The first-order chi connectivity index (χ1) is 10.1. The molecule has 0 spiro atoms. The largest absolute Gasteiger partial charge is 0.351 e. The van der Waals surface area contributed by atoms with Crippen molar-refractivity contribution in [3.8, 4) is 0 Å². The molecule has 21 heavy (non-hydrogen) atoms. The summed E-state index contributed by atoms with van der Waals surface area (Å²) in [4.78, 5) is 19.9. The third-order valence-electron chi connectivity index (χ3n) is 3.03. The number of carbonyl (C=O) groups excluding carboxylic acids is 1. The highest BCUT2D eigenvalue weighted by atomic mass is 19.1. The molecule has 1 heterocycles. The second kappa shape index (κ2) is 5.43. The van der Waals surface area contributed by atoms with Gasteiger partial charge in [-0.15, -0.1) is 0 Å². The smallest absolute Gasteiger partial charge is 0.258 e. The van der Waals surface area contributed by atoms with Gasteiger partial charge in [0, 0.05) is 18.4 Å². The first-order valence-electron chi connectivity index (χ1n) is 6.47. The van der Waals surface area contributed by atoms with Gasteiger partial charge < -0.3 is 10.6 Å². The van der Waals surface area contributed by atoms with Crippen LogP contribution in [0.4, 0.5) is 20.4 Å². The molecule has 0 atom stereocenters. The Labute approximate surface area is 119 Å². The maximum Gasteiger partial charge on any atom is 0.258 e. The van der Waals surface area contributed by atoms with Crippen LogP contribution in [0.25, 0.3) is 0 Å². The first-order valence-corrected chi connectivity index (χ1v) is 6.47. The van der Waals surface area contributed by atoms with Crippen molar-refractivity contribution < 1.29 is 13.6 Å². The molecule has 1 aliphatic rings. The highest BCUT2D eigenvalue weighted by Gasteiger charge is 2.22. The Morgan fingerprint density at radius 1 is 1.14 bits per heavy atom. The number of hydrogen-bond acceptors (Lipinski definition) is 4. The third-order valence-corrected chi connectivity index (χ3v) is 3.03. The SMILES string of the molecule is O=C(Nc1c(F)cccc1F)c1cnc(NC2CC2)nc1. The zero-order valence-electron chi connectivity index (χ0n) is 10.9. The van der Waals surface area contributed by atoms with Gasteiger partial charge in [0.15, 0.2) is 0 Å². The lowest BCUT2D eigenvalue weighted by Gasteiger charge is -2.07. The summed E-state index contributed by atoms with van der Waals surface area (Å²) in [5, 5.41) is 5.25.